The highest BCUT2D eigenvalue weighted by Gasteiger charge is 2.37. The Kier molecular flexibility index (Phi) is 3.58. The first kappa shape index (κ1) is 14.3. The van der Waals surface area contributed by atoms with Gasteiger partial charge in [-0.2, -0.15) is 9.40 Å². The number of aryl methyl sites for hydroxylation is 2. The van der Waals surface area contributed by atoms with Crippen LogP contribution in [0.2, 0.25) is 0 Å². The van der Waals surface area contributed by atoms with E-state index in [2.05, 4.69) is 15.1 Å². The molecule has 0 aliphatic carbocycles. The molecule has 1 aliphatic rings. The van der Waals surface area contributed by atoms with Gasteiger partial charge in [0.25, 0.3) is 0 Å². The minimum absolute atomic E-state index is 0.224. The van der Waals surface area contributed by atoms with E-state index in [0.717, 1.165) is 19.3 Å². The molecule has 1 N–H and O–H groups in total. The van der Waals surface area contributed by atoms with E-state index >= 15 is 0 Å². The zero-order valence-corrected chi connectivity index (χ0v) is 13.0. The monoisotopic (exact) mass is 309 g/mol. The van der Waals surface area contributed by atoms with Gasteiger partial charge < -0.3 is 4.98 Å². The maximum atomic E-state index is 13.0. The molecule has 0 amide bonds. The predicted octanol–water partition coefficient (Wildman–Crippen LogP) is 1.37. The largest absolute Gasteiger partial charge is 0.347 e. The Morgan fingerprint density at radius 3 is 2.81 bits per heavy atom. The van der Waals surface area contributed by atoms with Gasteiger partial charge in [0.2, 0.25) is 10.0 Å². The lowest BCUT2D eigenvalue weighted by molar-refractivity contribution is 0.247. The Morgan fingerprint density at radius 1 is 1.38 bits per heavy atom. The Bertz CT molecular complexity index is 720. The molecule has 21 heavy (non-hydrogen) atoms. The second kappa shape index (κ2) is 5.27. The van der Waals surface area contributed by atoms with E-state index in [1.165, 1.54) is 4.68 Å². The van der Waals surface area contributed by atoms with Gasteiger partial charge in [0.05, 0.1) is 11.7 Å². The summed E-state index contributed by atoms with van der Waals surface area (Å²) in [5, 5.41) is 4.15. The first-order valence-corrected chi connectivity index (χ1v) is 8.45. The van der Waals surface area contributed by atoms with Gasteiger partial charge in [-0.15, -0.1) is 0 Å². The molecule has 8 heteroatoms. The van der Waals surface area contributed by atoms with Crippen LogP contribution in [0.25, 0.3) is 0 Å². The average Bonchev–Trinajstić information content (AvgIpc) is 3.08. The molecular weight excluding hydrogens is 290 g/mol. The summed E-state index contributed by atoms with van der Waals surface area (Å²) in [6.07, 6.45) is 7.61. The van der Waals surface area contributed by atoms with Crippen molar-refractivity contribution in [3.63, 3.8) is 0 Å². The van der Waals surface area contributed by atoms with E-state index in [4.69, 9.17) is 0 Å². The van der Waals surface area contributed by atoms with Crippen LogP contribution in [0.15, 0.2) is 23.5 Å². The van der Waals surface area contributed by atoms with Gasteiger partial charge in [0, 0.05) is 32.2 Å². The third-order valence-corrected chi connectivity index (χ3v) is 5.85. The number of hydrogen-bond donors (Lipinski definition) is 1. The third kappa shape index (κ3) is 2.49. The van der Waals surface area contributed by atoms with E-state index < -0.39 is 10.0 Å². The van der Waals surface area contributed by atoms with Crippen molar-refractivity contribution in [3.05, 3.63) is 30.1 Å². The zero-order chi connectivity index (χ0) is 15.0. The molecule has 0 aromatic carbocycles. The summed E-state index contributed by atoms with van der Waals surface area (Å²) in [6.45, 7) is 2.24. The summed E-state index contributed by atoms with van der Waals surface area (Å²) in [7, 11) is -1.83. The number of piperidine rings is 1. The lowest BCUT2D eigenvalue weighted by atomic mass is 10.0. The minimum Gasteiger partial charge on any atom is -0.347 e. The Hall–Kier alpha value is -1.67. The van der Waals surface area contributed by atoms with Crippen LogP contribution in [-0.2, 0) is 17.1 Å². The maximum Gasteiger partial charge on any atom is 0.247 e. The lowest BCUT2D eigenvalue weighted by Crippen LogP contribution is -2.39. The van der Waals surface area contributed by atoms with Crippen molar-refractivity contribution in [2.45, 2.75) is 37.1 Å². The molecule has 2 aromatic rings. The highest BCUT2D eigenvalue weighted by molar-refractivity contribution is 7.89. The first-order valence-electron chi connectivity index (χ1n) is 7.01. The molecule has 0 bridgehead atoms. The SMILES string of the molecule is Cc1nn(C)cc1S(=O)(=O)N1CCCCC1c1ncc[nH]1. The molecule has 0 radical (unpaired) electrons. The van der Waals surface area contributed by atoms with Gasteiger partial charge in [-0.05, 0) is 19.8 Å². The second-order valence-corrected chi connectivity index (χ2v) is 7.21. The van der Waals surface area contributed by atoms with Gasteiger partial charge in [-0.1, -0.05) is 6.42 Å². The molecule has 1 fully saturated rings. The van der Waals surface area contributed by atoms with Crippen molar-refractivity contribution >= 4 is 10.0 Å². The summed E-state index contributed by atoms with van der Waals surface area (Å²) in [5.41, 5.74) is 0.529. The molecule has 1 unspecified atom stereocenters. The molecule has 114 valence electrons. The summed E-state index contributed by atoms with van der Waals surface area (Å²) in [4.78, 5) is 7.57. The molecule has 2 aromatic heterocycles. The number of sulfonamides is 1. The quantitative estimate of drug-likeness (QED) is 0.928. The molecule has 1 saturated heterocycles. The van der Waals surface area contributed by atoms with E-state index in [1.54, 1.807) is 36.9 Å². The number of nitrogens with zero attached hydrogens (tertiary/aromatic N) is 4. The highest BCUT2D eigenvalue weighted by atomic mass is 32.2. The topological polar surface area (TPSA) is 83.9 Å². The fourth-order valence-corrected chi connectivity index (χ4v) is 4.75. The predicted molar refractivity (Wildman–Crippen MR) is 77.0 cm³/mol. The van der Waals surface area contributed by atoms with Gasteiger partial charge in [-0.3, -0.25) is 4.68 Å². The van der Waals surface area contributed by atoms with Crippen molar-refractivity contribution in [3.8, 4) is 0 Å². The number of H-pyrrole nitrogens is 1. The van der Waals surface area contributed by atoms with Gasteiger partial charge in [0.15, 0.2) is 0 Å². The van der Waals surface area contributed by atoms with Gasteiger partial charge >= 0.3 is 0 Å². The molecular formula is C13H19N5O2S. The second-order valence-electron chi connectivity index (χ2n) is 5.35. The zero-order valence-electron chi connectivity index (χ0n) is 12.2. The molecule has 1 atom stereocenters. The Labute approximate surface area is 124 Å². The smallest absolute Gasteiger partial charge is 0.247 e. The molecule has 0 saturated carbocycles. The number of aromatic amines is 1. The van der Waals surface area contributed by atoms with E-state index in [9.17, 15) is 8.42 Å². The van der Waals surface area contributed by atoms with E-state index in [1.807, 2.05) is 0 Å². The van der Waals surface area contributed by atoms with Crippen LogP contribution >= 0.6 is 0 Å². The molecule has 0 spiro atoms. The van der Waals surface area contributed by atoms with Crippen molar-refractivity contribution in [1.29, 1.82) is 0 Å². The van der Waals surface area contributed by atoms with Gasteiger partial charge in [-0.25, -0.2) is 13.4 Å². The number of hydrogen-bond acceptors (Lipinski definition) is 4. The van der Waals surface area contributed by atoms with Crippen LogP contribution in [0, 0.1) is 6.92 Å². The third-order valence-electron chi connectivity index (χ3n) is 3.84. The number of imidazole rings is 1. The fraction of sp³-hybridized carbons (Fsp3) is 0.538. The summed E-state index contributed by atoms with van der Waals surface area (Å²) >= 11 is 0. The van der Waals surface area contributed by atoms with Crippen LogP contribution in [0.5, 0.6) is 0 Å². The number of nitrogens with one attached hydrogen (secondary N) is 1. The Balaban J connectivity index is 2.01. The lowest BCUT2D eigenvalue weighted by Gasteiger charge is -2.33. The first-order chi connectivity index (χ1) is 10.00. The standard InChI is InChI=1S/C13H19N5O2S/c1-10-12(9-17(2)16-10)21(19,20)18-8-4-3-5-11(18)13-14-6-7-15-13/h6-7,9,11H,3-5,8H2,1-2H3,(H,14,15). The van der Waals surface area contributed by atoms with Crippen LogP contribution in [0.4, 0.5) is 0 Å². The van der Waals surface area contributed by atoms with Crippen LogP contribution in [0.3, 0.4) is 0 Å². The molecule has 7 nitrogen and oxygen atoms in total. The maximum absolute atomic E-state index is 13.0. The molecule has 1 aliphatic heterocycles. The summed E-state index contributed by atoms with van der Waals surface area (Å²) in [5.74, 6) is 0.708. The van der Waals surface area contributed by atoms with Crippen LogP contribution < -0.4 is 0 Å². The average molecular weight is 309 g/mol. The van der Waals surface area contributed by atoms with E-state index in [0.29, 0.717) is 18.1 Å². The normalized spacial score (nSPS) is 20.8. The highest BCUT2D eigenvalue weighted by Crippen LogP contribution is 2.34. The fourth-order valence-electron chi connectivity index (χ4n) is 2.88. The minimum atomic E-state index is -3.56. The van der Waals surface area contributed by atoms with Crippen molar-refractivity contribution < 1.29 is 8.42 Å². The van der Waals surface area contributed by atoms with Crippen molar-refractivity contribution in [2.24, 2.45) is 7.05 Å². The molecule has 3 rings (SSSR count). The number of aromatic nitrogens is 4. The van der Waals surface area contributed by atoms with Crippen molar-refractivity contribution in [1.82, 2.24) is 24.1 Å². The number of rotatable bonds is 3. The van der Waals surface area contributed by atoms with Gasteiger partial charge in [0.1, 0.15) is 10.7 Å². The van der Waals surface area contributed by atoms with E-state index in [-0.39, 0.29) is 10.9 Å². The van der Waals surface area contributed by atoms with Crippen LogP contribution in [0.1, 0.15) is 36.8 Å². The Morgan fingerprint density at radius 2 is 2.19 bits per heavy atom. The van der Waals surface area contributed by atoms with Crippen molar-refractivity contribution in [2.75, 3.05) is 6.54 Å². The molecule has 3 heterocycles. The summed E-state index contributed by atoms with van der Waals surface area (Å²) in [6, 6.07) is -0.224. The van der Waals surface area contributed by atoms with Crippen LogP contribution in [-0.4, -0.2) is 39.0 Å². The summed E-state index contributed by atoms with van der Waals surface area (Å²) < 4.78 is 29.0.